The molecule has 1 fully saturated rings. The van der Waals surface area contributed by atoms with Crippen molar-refractivity contribution >= 4 is 23.4 Å². The van der Waals surface area contributed by atoms with Crippen LogP contribution < -0.4 is 5.32 Å². The summed E-state index contributed by atoms with van der Waals surface area (Å²) in [4.78, 5) is 25.1. The largest absolute Gasteiger partial charge is 0.350 e. The zero-order valence-corrected chi connectivity index (χ0v) is 12.2. The van der Waals surface area contributed by atoms with Gasteiger partial charge in [0.05, 0.1) is 6.04 Å². The minimum Gasteiger partial charge on any atom is -0.350 e. The number of carbonyl (C=O) groups is 2. The Morgan fingerprint density at radius 2 is 1.94 bits per heavy atom. The van der Waals surface area contributed by atoms with Gasteiger partial charge < -0.3 is 10.2 Å². The van der Waals surface area contributed by atoms with Crippen molar-refractivity contribution in [1.82, 2.24) is 10.2 Å². The number of hydrogen-bond acceptors (Lipinski definition) is 2. The second kappa shape index (κ2) is 6.98. The van der Waals surface area contributed by atoms with Crippen LogP contribution in [0.15, 0.2) is 0 Å². The Labute approximate surface area is 114 Å². The maximum Gasteiger partial charge on any atom is 0.235 e. The lowest BCUT2D eigenvalue weighted by Crippen LogP contribution is -2.56. The molecule has 1 aliphatic rings. The van der Waals surface area contributed by atoms with Gasteiger partial charge in [-0.15, -0.1) is 11.6 Å². The fourth-order valence-corrected chi connectivity index (χ4v) is 2.92. The lowest BCUT2D eigenvalue weighted by molar-refractivity contribution is -0.135. The maximum absolute atomic E-state index is 11.8. The molecule has 2 atom stereocenters. The standard InChI is InChI=1S/C13H23ClN2O2/c1-9(2)16(10(3)17)12-7-5-4-6-11(12)15-13(18)8-14/h9,11-12H,4-8H2,1-3H3,(H,15,18)/t11-,12-/m0/s1. The second-order valence-corrected chi connectivity index (χ2v) is 5.45. The minimum absolute atomic E-state index is 0.0228. The lowest BCUT2D eigenvalue weighted by atomic mass is 9.88. The summed E-state index contributed by atoms with van der Waals surface area (Å²) in [5, 5.41) is 2.94. The van der Waals surface area contributed by atoms with Crippen molar-refractivity contribution in [3.63, 3.8) is 0 Å². The summed E-state index contributed by atoms with van der Waals surface area (Å²) in [6.45, 7) is 5.61. The Balaban J connectivity index is 2.79. The first-order valence-electron chi connectivity index (χ1n) is 6.61. The molecule has 1 rings (SSSR count). The highest BCUT2D eigenvalue weighted by atomic mass is 35.5. The molecule has 18 heavy (non-hydrogen) atoms. The monoisotopic (exact) mass is 274 g/mol. The summed E-state index contributed by atoms with van der Waals surface area (Å²) in [6, 6.07) is 0.292. The van der Waals surface area contributed by atoms with Crippen LogP contribution in [0.1, 0.15) is 46.5 Å². The summed E-state index contributed by atoms with van der Waals surface area (Å²) in [7, 11) is 0. The smallest absolute Gasteiger partial charge is 0.235 e. The van der Waals surface area contributed by atoms with Crippen molar-refractivity contribution in [3.05, 3.63) is 0 Å². The Bertz CT molecular complexity index is 307. The van der Waals surface area contributed by atoms with Crippen LogP contribution in [0.3, 0.4) is 0 Å². The fourth-order valence-electron chi connectivity index (χ4n) is 2.84. The van der Waals surface area contributed by atoms with Crippen LogP contribution in [-0.2, 0) is 9.59 Å². The molecule has 5 heteroatoms. The van der Waals surface area contributed by atoms with E-state index in [0.717, 1.165) is 25.7 Å². The van der Waals surface area contributed by atoms with Gasteiger partial charge in [-0.3, -0.25) is 9.59 Å². The molecule has 0 saturated heterocycles. The van der Waals surface area contributed by atoms with E-state index in [4.69, 9.17) is 11.6 Å². The lowest BCUT2D eigenvalue weighted by Gasteiger charge is -2.42. The van der Waals surface area contributed by atoms with Crippen LogP contribution in [0.2, 0.25) is 0 Å². The predicted octanol–water partition coefficient (Wildman–Crippen LogP) is 1.91. The second-order valence-electron chi connectivity index (χ2n) is 5.18. The van der Waals surface area contributed by atoms with E-state index < -0.39 is 0 Å². The molecule has 0 aliphatic heterocycles. The van der Waals surface area contributed by atoms with Crippen molar-refractivity contribution in [2.75, 3.05) is 5.88 Å². The quantitative estimate of drug-likeness (QED) is 0.796. The van der Waals surface area contributed by atoms with Crippen molar-refractivity contribution in [2.45, 2.75) is 64.6 Å². The number of carbonyl (C=O) groups excluding carboxylic acids is 2. The summed E-state index contributed by atoms with van der Waals surface area (Å²) in [6.07, 6.45) is 4.07. The number of nitrogens with zero attached hydrogens (tertiary/aromatic N) is 1. The van der Waals surface area contributed by atoms with E-state index in [-0.39, 0.29) is 35.8 Å². The third-order valence-electron chi connectivity index (χ3n) is 3.47. The molecule has 0 aromatic carbocycles. The van der Waals surface area contributed by atoms with Gasteiger partial charge in [0.25, 0.3) is 0 Å². The molecule has 4 nitrogen and oxygen atoms in total. The SMILES string of the molecule is CC(=O)N(C(C)C)[C@H]1CCCC[C@@H]1NC(=O)CCl. The number of nitrogens with one attached hydrogen (secondary N) is 1. The topological polar surface area (TPSA) is 49.4 Å². The van der Waals surface area contributed by atoms with Crippen LogP contribution in [0, 0.1) is 0 Å². The molecule has 104 valence electrons. The summed E-state index contributed by atoms with van der Waals surface area (Å²) in [5.41, 5.74) is 0. The van der Waals surface area contributed by atoms with Crippen LogP contribution in [0.25, 0.3) is 0 Å². The van der Waals surface area contributed by atoms with E-state index in [1.165, 1.54) is 0 Å². The molecule has 1 saturated carbocycles. The number of hydrogen-bond donors (Lipinski definition) is 1. The third kappa shape index (κ3) is 3.87. The van der Waals surface area contributed by atoms with E-state index in [1.807, 2.05) is 18.7 Å². The summed E-state index contributed by atoms with van der Waals surface area (Å²) in [5.74, 6) is -0.104. The van der Waals surface area contributed by atoms with Gasteiger partial charge in [0, 0.05) is 19.0 Å². The highest BCUT2D eigenvalue weighted by Crippen LogP contribution is 2.25. The third-order valence-corrected chi connectivity index (χ3v) is 3.72. The van der Waals surface area contributed by atoms with E-state index in [2.05, 4.69) is 5.32 Å². The highest BCUT2D eigenvalue weighted by molar-refractivity contribution is 6.27. The van der Waals surface area contributed by atoms with Crippen molar-refractivity contribution in [1.29, 1.82) is 0 Å². The van der Waals surface area contributed by atoms with Crippen LogP contribution in [-0.4, -0.2) is 40.7 Å². The molecule has 0 unspecified atom stereocenters. The van der Waals surface area contributed by atoms with E-state index in [9.17, 15) is 9.59 Å². The van der Waals surface area contributed by atoms with Gasteiger partial charge in [0.15, 0.2) is 0 Å². The molecule has 0 heterocycles. The fraction of sp³-hybridized carbons (Fsp3) is 0.846. The van der Waals surface area contributed by atoms with Crippen LogP contribution in [0.5, 0.6) is 0 Å². The Hall–Kier alpha value is -0.770. The van der Waals surface area contributed by atoms with Gasteiger partial charge in [-0.2, -0.15) is 0 Å². The molecule has 2 amide bonds. The van der Waals surface area contributed by atoms with Gasteiger partial charge >= 0.3 is 0 Å². The number of halogens is 1. The van der Waals surface area contributed by atoms with E-state index in [0.29, 0.717) is 0 Å². The molecule has 0 radical (unpaired) electrons. The molecule has 1 aliphatic carbocycles. The van der Waals surface area contributed by atoms with Crippen LogP contribution in [0.4, 0.5) is 0 Å². The number of alkyl halides is 1. The van der Waals surface area contributed by atoms with Gasteiger partial charge in [-0.25, -0.2) is 0 Å². The van der Waals surface area contributed by atoms with Crippen molar-refractivity contribution < 1.29 is 9.59 Å². The van der Waals surface area contributed by atoms with Crippen LogP contribution >= 0.6 is 11.6 Å². The number of amides is 2. The molecular formula is C13H23ClN2O2. The molecule has 0 aromatic heterocycles. The zero-order valence-electron chi connectivity index (χ0n) is 11.4. The first-order valence-corrected chi connectivity index (χ1v) is 7.15. The first-order chi connectivity index (χ1) is 8.47. The van der Waals surface area contributed by atoms with Gasteiger partial charge in [-0.05, 0) is 26.7 Å². The zero-order chi connectivity index (χ0) is 13.7. The van der Waals surface area contributed by atoms with Crippen molar-refractivity contribution in [2.24, 2.45) is 0 Å². The Kier molecular flexibility index (Phi) is 5.93. The normalized spacial score (nSPS) is 23.8. The van der Waals surface area contributed by atoms with Gasteiger partial charge in [-0.1, -0.05) is 12.8 Å². The van der Waals surface area contributed by atoms with Crippen molar-refractivity contribution in [3.8, 4) is 0 Å². The minimum atomic E-state index is -0.152. The number of rotatable bonds is 4. The average Bonchev–Trinajstić information content (AvgIpc) is 2.30. The molecule has 0 aromatic rings. The first kappa shape index (κ1) is 15.3. The maximum atomic E-state index is 11.8. The molecular weight excluding hydrogens is 252 g/mol. The van der Waals surface area contributed by atoms with Gasteiger partial charge in [0.1, 0.15) is 5.88 Å². The highest BCUT2D eigenvalue weighted by Gasteiger charge is 2.33. The molecule has 0 spiro atoms. The Morgan fingerprint density at radius 3 is 2.44 bits per heavy atom. The van der Waals surface area contributed by atoms with E-state index >= 15 is 0 Å². The summed E-state index contributed by atoms with van der Waals surface area (Å²) >= 11 is 5.53. The molecule has 0 bridgehead atoms. The molecule has 1 N–H and O–H groups in total. The van der Waals surface area contributed by atoms with E-state index in [1.54, 1.807) is 6.92 Å². The van der Waals surface area contributed by atoms with Gasteiger partial charge in [0.2, 0.25) is 11.8 Å². The Morgan fingerprint density at radius 1 is 1.33 bits per heavy atom. The predicted molar refractivity (Wildman–Crippen MR) is 72.6 cm³/mol. The summed E-state index contributed by atoms with van der Waals surface area (Å²) < 4.78 is 0. The average molecular weight is 275 g/mol.